The molecule has 0 aliphatic rings. The molecule has 0 saturated heterocycles. The third kappa shape index (κ3) is 2.23. The van der Waals surface area contributed by atoms with Gasteiger partial charge in [-0.3, -0.25) is 0 Å². The zero-order valence-electron chi connectivity index (χ0n) is 11.0. The summed E-state index contributed by atoms with van der Waals surface area (Å²) < 4.78 is 10.0. The predicted octanol–water partition coefficient (Wildman–Crippen LogP) is 3.60. The predicted molar refractivity (Wildman–Crippen MR) is 78.3 cm³/mol. The summed E-state index contributed by atoms with van der Waals surface area (Å²) in [6.07, 6.45) is 1.62. The van der Waals surface area contributed by atoms with Crippen molar-refractivity contribution in [3.63, 3.8) is 0 Å². The third-order valence-corrected chi connectivity index (χ3v) is 3.22. The Morgan fingerprint density at radius 3 is 1.95 bits per heavy atom. The van der Waals surface area contributed by atoms with E-state index in [9.17, 15) is 0 Å². The van der Waals surface area contributed by atoms with Crippen molar-refractivity contribution in [1.82, 2.24) is 5.16 Å². The van der Waals surface area contributed by atoms with Gasteiger partial charge in [-0.2, -0.15) is 0 Å². The fraction of sp³-hybridized carbons (Fsp3) is 0.0625. The Bertz CT molecular complexity index is 700. The van der Waals surface area contributed by atoms with Crippen molar-refractivity contribution in [3.05, 3.63) is 54.7 Å². The van der Waals surface area contributed by atoms with Gasteiger partial charge >= 0.3 is 0 Å². The highest BCUT2D eigenvalue weighted by molar-refractivity contribution is 5.75. The molecule has 0 spiro atoms. The number of nitrogens with zero attached hydrogens (tertiary/aromatic N) is 1. The number of hydrogen-bond donors (Lipinski definition) is 1. The molecular weight excluding hydrogens is 252 g/mol. The number of hydrogen-bond acceptors (Lipinski definition) is 4. The molecule has 3 rings (SSSR count). The zero-order chi connectivity index (χ0) is 13.9. The van der Waals surface area contributed by atoms with Crippen LogP contribution in [-0.2, 0) is 0 Å². The second kappa shape index (κ2) is 5.09. The van der Waals surface area contributed by atoms with Crippen molar-refractivity contribution in [2.24, 2.45) is 0 Å². The van der Waals surface area contributed by atoms with Gasteiger partial charge in [0.1, 0.15) is 5.75 Å². The quantitative estimate of drug-likeness (QED) is 0.786. The molecule has 2 N–H and O–H groups in total. The van der Waals surface area contributed by atoms with E-state index < -0.39 is 0 Å². The number of nitrogen functional groups attached to an aromatic ring is 1. The van der Waals surface area contributed by atoms with E-state index in [2.05, 4.69) is 5.16 Å². The molecule has 0 saturated carbocycles. The Hall–Kier alpha value is -2.75. The molecule has 0 aliphatic carbocycles. The maximum Gasteiger partial charge on any atom is 0.229 e. The molecule has 20 heavy (non-hydrogen) atoms. The highest BCUT2D eigenvalue weighted by Crippen LogP contribution is 2.28. The normalized spacial score (nSPS) is 10.4. The molecule has 0 atom stereocenters. The van der Waals surface area contributed by atoms with Gasteiger partial charge in [-0.15, -0.1) is 0 Å². The summed E-state index contributed by atoms with van der Waals surface area (Å²) in [5.74, 6) is 1.19. The summed E-state index contributed by atoms with van der Waals surface area (Å²) in [7, 11) is 1.66. The Labute approximate surface area is 116 Å². The molecular formula is C16H14N2O2. The lowest BCUT2D eigenvalue weighted by molar-refractivity contribution is 0.415. The molecule has 4 nitrogen and oxygen atoms in total. The lowest BCUT2D eigenvalue weighted by Crippen LogP contribution is -1.85. The fourth-order valence-corrected chi connectivity index (χ4v) is 2.09. The van der Waals surface area contributed by atoms with Crippen LogP contribution in [0.2, 0.25) is 0 Å². The number of ether oxygens (including phenoxy) is 1. The van der Waals surface area contributed by atoms with Gasteiger partial charge in [-0.05, 0) is 28.8 Å². The van der Waals surface area contributed by atoms with E-state index in [1.165, 1.54) is 0 Å². The minimum absolute atomic E-state index is 0.335. The standard InChI is InChI=1S/C16H14N2O2/c1-19-14-8-6-12(7-9-14)11-2-4-13(5-3-11)15-10-18-20-16(15)17/h2-10H,17H2,1H3. The van der Waals surface area contributed by atoms with Crippen LogP contribution in [0, 0.1) is 0 Å². The van der Waals surface area contributed by atoms with Crippen molar-refractivity contribution in [2.75, 3.05) is 12.8 Å². The summed E-state index contributed by atoms with van der Waals surface area (Å²) in [4.78, 5) is 0. The van der Waals surface area contributed by atoms with Crippen LogP contribution < -0.4 is 10.5 Å². The SMILES string of the molecule is COc1ccc(-c2ccc(-c3cnoc3N)cc2)cc1. The first-order valence-electron chi connectivity index (χ1n) is 6.23. The minimum Gasteiger partial charge on any atom is -0.497 e. The molecule has 0 unspecified atom stereocenters. The van der Waals surface area contributed by atoms with E-state index >= 15 is 0 Å². The Morgan fingerprint density at radius 2 is 1.45 bits per heavy atom. The van der Waals surface area contributed by atoms with Gasteiger partial charge in [-0.25, -0.2) is 0 Å². The summed E-state index contributed by atoms with van der Waals surface area (Å²) in [5, 5.41) is 3.68. The van der Waals surface area contributed by atoms with E-state index in [4.69, 9.17) is 15.0 Å². The van der Waals surface area contributed by atoms with Crippen LogP contribution in [0.5, 0.6) is 5.75 Å². The first-order valence-corrected chi connectivity index (χ1v) is 6.23. The smallest absolute Gasteiger partial charge is 0.229 e. The topological polar surface area (TPSA) is 61.3 Å². The molecule has 0 bridgehead atoms. The minimum atomic E-state index is 0.335. The van der Waals surface area contributed by atoms with E-state index in [-0.39, 0.29) is 0 Å². The Balaban J connectivity index is 1.91. The lowest BCUT2D eigenvalue weighted by atomic mass is 10.0. The van der Waals surface area contributed by atoms with E-state index in [0.717, 1.165) is 28.0 Å². The van der Waals surface area contributed by atoms with Crippen molar-refractivity contribution in [3.8, 4) is 28.0 Å². The number of methoxy groups -OCH3 is 1. The molecule has 0 aliphatic heterocycles. The van der Waals surface area contributed by atoms with Crippen molar-refractivity contribution in [2.45, 2.75) is 0 Å². The van der Waals surface area contributed by atoms with Gasteiger partial charge < -0.3 is 15.0 Å². The van der Waals surface area contributed by atoms with Gasteiger partial charge in [0.2, 0.25) is 5.88 Å². The number of nitrogens with two attached hydrogens (primary N) is 1. The van der Waals surface area contributed by atoms with Crippen LogP contribution in [0.3, 0.4) is 0 Å². The van der Waals surface area contributed by atoms with Crippen LogP contribution in [0.15, 0.2) is 59.3 Å². The monoisotopic (exact) mass is 266 g/mol. The number of aromatic nitrogens is 1. The summed E-state index contributed by atoms with van der Waals surface area (Å²) in [5.41, 5.74) is 9.77. The van der Waals surface area contributed by atoms with E-state index in [0.29, 0.717) is 5.88 Å². The average Bonchev–Trinajstić information content (AvgIpc) is 2.94. The second-order valence-electron chi connectivity index (χ2n) is 4.41. The molecule has 1 aromatic heterocycles. The number of rotatable bonds is 3. The summed E-state index contributed by atoms with van der Waals surface area (Å²) in [6.45, 7) is 0. The molecule has 0 fully saturated rings. The number of anilines is 1. The fourth-order valence-electron chi connectivity index (χ4n) is 2.09. The van der Waals surface area contributed by atoms with Gasteiger partial charge in [-0.1, -0.05) is 41.6 Å². The highest BCUT2D eigenvalue weighted by Gasteiger charge is 2.07. The molecule has 100 valence electrons. The molecule has 0 amide bonds. The van der Waals surface area contributed by atoms with Crippen LogP contribution >= 0.6 is 0 Å². The van der Waals surface area contributed by atoms with Crippen LogP contribution in [0.4, 0.5) is 5.88 Å². The summed E-state index contributed by atoms with van der Waals surface area (Å²) in [6, 6.07) is 16.0. The van der Waals surface area contributed by atoms with Crippen molar-refractivity contribution < 1.29 is 9.26 Å². The first-order chi connectivity index (χ1) is 9.78. The van der Waals surface area contributed by atoms with E-state index in [1.807, 2.05) is 48.5 Å². The van der Waals surface area contributed by atoms with Gasteiger partial charge in [0.05, 0.1) is 18.9 Å². The Kier molecular flexibility index (Phi) is 3.13. The molecule has 2 aromatic carbocycles. The zero-order valence-corrected chi connectivity index (χ0v) is 11.0. The second-order valence-corrected chi connectivity index (χ2v) is 4.41. The highest BCUT2D eigenvalue weighted by atomic mass is 16.5. The first kappa shape index (κ1) is 12.3. The van der Waals surface area contributed by atoms with Crippen LogP contribution in [0.25, 0.3) is 22.3 Å². The molecule has 3 aromatic rings. The maximum absolute atomic E-state index is 5.71. The van der Waals surface area contributed by atoms with Crippen LogP contribution in [0.1, 0.15) is 0 Å². The summed E-state index contributed by atoms with van der Waals surface area (Å²) >= 11 is 0. The maximum atomic E-state index is 5.71. The van der Waals surface area contributed by atoms with Crippen molar-refractivity contribution >= 4 is 5.88 Å². The Morgan fingerprint density at radius 1 is 0.900 bits per heavy atom. The lowest BCUT2D eigenvalue weighted by Gasteiger charge is -2.05. The third-order valence-electron chi connectivity index (χ3n) is 3.22. The van der Waals surface area contributed by atoms with Gasteiger partial charge in [0.15, 0.2) is 0 Å². The van der Waals surface area contributed by atoms with Crippen molar-refractivity contribution in [1.29, 1.82) is 0 Å². The van der Waals surface area contributed by atoms with Gasteiger partial charge in [0.25, 0.3) is 0 Å². The molecule has 0 radical (unpaired) electrons. The molecule has 1 heterocycles. The molecule has 4 heteroatoms. The number of benzene rings is 2. The average molecular weight is 266 g/mol. The van der Waals surface area contributed by atoms with Gasteiger partial charge in [0, 0.05) is 0 Å². The van der Waals surface area contributed by atoms with Crippen LogP contribution in [-0.4, -0.2) is 12.3 Å². The van der Waals surface area contributed by atoms with E-state index in [1.54, 1.807) is 13.3 Å². The largest absolute Gasteiger partial charge is 0.497 e.